The molecular weight excluding hydrogens is 501 g/mol. The lowest BCUT2D eigenvalue weighted by atomic mass is 10.2. The number of aryl methyl sites for hydroxylation is 1. The van der Waals surface area contributed by atoms with Gasteiger partial charge in [-0.15, -0.1) is 0 Å². The van der Waals surface area contributed by atoms with Crippen molar-refractivity contribution in [3.05, 3.63) is 93.5 Å². The van der Waals surface area contributed by atoms with Crippen LogP contribution in [0.4, 0.5) is 24.5 Å². The zero-order valence-corrected chi connectivity index (χ0v) is 20.0. The van der Waals surface area contributed by atoms with Gasteiger partial charge in [0.15, 0.2) is 0 Å². The van der Waals surface area contributed by atoms with Crippen LogP contribution in [0.1, 0.15) is 11.1 Å². The fourth-order valence-corrected chi connectivity index (χ4v) is 4.49. The standard InChI is InChI=1S/C25H18ClF3N2O3S/c1-14-6-9-18(10-7-14)35-22-21(30-16-4-3-5-17(13-16)34-2)23(32)31(24(22)33)20-12-15(25(27,28)29)8-11-19(20)26/h3-13,30H,1-2H3. The van der Waals surface area contributed by atoms with E-state index in [9.17, 15) is 22.8 Å². The van der Waals surface area contributed by atoms with E-state index >= 15 is 0 Å². The number of thioether (sulfide) groups is 1. The predicted molar refractivity (Wildman–Crippen MR) is 130 cm³/mol. The van der Waals surface area contributed by atoms with Crippen molar-refractivity contribution < 1.29 is 27.5 Å². The van der Waals surface area contributed by atoms with E-state index in [1.165, 1.54) is 7.11 Å². The molecule has 2 amide bonds. The van der Waals surface area contributed by atoms with Gasteiger partial charge in [-0.3, -0.25) is 9.59 Å². The highest BCUT2D eigenvalue weighted by Crippen LogP contribution is 2.42. The third-order valence-electron chi connectivity index (χ3n) is 5.14. The van der Waals surface area contributed by atoms with Crippen molar-refractivity contribution in [2.24, 2.45) is 0 Å². The van der Waals surface area contributed by atoms with Crippen molar-refractivity contribution in [1.29, 1.82) is 0 Å². The number of amides is 2. The number of alkyl halides is 3. The summed E-state index contributed by atoms with van der Waals surface area (Å²) in [6.45, 7) is 1.91. The summed E-state index contributed by atoms with van der Waals surface area (Å²) in [4.78, 5) is 28.3. The second kappa shape index (κ2) is 9.67. The Morgan fingerprint density at radius 1 is 0.971 bits per heavy atom. The Hall–Kier alpha value is -3.43. The van der Waals surface area contributed by atoms with E-state index in [0.717, 1.165) is 29.5 Å². The van der Waals surface area contributed by atoms with Crippen LogP contribution >= 0.6 is 23.4 Å². The molecule has 0 saturated carbocycles. The Morgan fingerprint density at radius 2 is 1.69 bits per heavy atom. The van der Waals surface area contributed by atoms with Crippen LogP contribution in [0.2, 0.25) is 5.02 Å². The van der Waals surface area contributed by atoms with Gasteiger partial charge < -0.3 is 10.1 Å². The fraction of sp³-hybridized carbons (Fsp3) is 0.120. The summed E-state index contributed by atoms with van der Waals surface area (Å²) in [7, 11) is 1.48. The molecule has 0 atom stereocenters. The molecule has 1 aliphatic rings. The molecule has 0 spiro atoms. The van der Waals surface area contributed by atoms with Crippen molar-refractivity contribution in [3.63, 3.8) is 0 Å². The maximum atomic E-state index is 13.4. The monoisotopic (exact) mass is 518 g/mol. The molecule has 1 heterocycles. The Bertz CT molecular complexity index is 1340. The van der Waals surface area contributed by atoms with Crippen LogP contribution in [0.3, 0.4) is 0 Å². The van der Waals surface area contributed by atoms with Gasteiger partial charge >= 0.3 is 6.18 Å². The molecule has 0 radical (unpaired) electrons. The average molecular weight is 519 g/mol. The van der Waals surface area contributed by atoms with Crippen molar-refractivity contribution in [3.8, 4) is 5.75 Å². The van der Waals surface area contributed by atoms with E-state index in [1.54, 1.807) is 36.4 Å². The Morgan fingerprint density at radius 3 is 2.34 bits per heavy atom. The zero-order valence-electron chi connectivity index (χ0n) is 18.4. The van der Waals surface area contributed by atoms with Crippen LogP contribution in [0.15, 0.2) is 82.2 Å². The topological polar surface area (TPSA) is 58.6 Å². The van der Waals surface area contributed by atoms with Crippen LogP contribution < -0.4 is 15.0 Å². The third-order valence-corrected chi connectivity index (χ3v) is 6.55. The Labute approximate surface area is 208 Å². The first-order chi connectivity index (χ1) is 16.6. The minimum atomic E-state index is -4.68. The van der Waals surface area contributed by atoms with Crippen LogP contribution in [0.25, 0.3) is 0 Å². The molecule has 0 bridgehead atoms. The molecule has 3 aromatic rings. The Kier molecular flexibility index (Phi) is 6.82. The van der Waals surface area contributed by atoms with Crippen LogP contribution in [0, 0.1) is 6.92 Å². The largest absolute Gasteiger partial charge is 0.497 e. The summed E-state index contributed by atoms with van der Waals surface area (Å²) in [6, 6.07) is 16.5. The smallest absolute Gasteiger partial charge is 0.416 e. The van der Waals surface area contributed by atoms with E-state index in [1.807, 2.05) is 19.1 Å². The van der Waals surface area contributed by atoms with E-state index in [2.05, 4.69) is 5.32 Å². The summed E-state index contributed by atoms with van der Waals surface area (Å²) in [6.07, 6.45) is -4.68. The number of methoxy groups -OCH3 is 1. The number of carbonyl (C=O) groups is 2. The highest BCUT2D eigenvalue weighted by Gasteiger charge is 2.42. The summed E-state index contributed by atoms with van der Waals surface area (Å²) in [5.41, 5.74) is 0.00596. The number of nitrogens with zero attached hydrogens (tertiary/aromatic N) is 1. The molecular formula is C25H18ClF3N2O3S. The van der Waals surface area contributed by atoms with Gasteiger partial charge in [0.25, 0.3) is 11.8 Å². The quantitative estimate of drug-likeness (QED) is 0.369. The molecule has 4 rings (SSSR count). The van der Waals surface area contributed by atoms with Gasteiger partial charge in [0, 0.05) is 16.6 Å². The van der Waals surface area contributed by atoms with Gasteiger partial charge in [-0.05, 0) is 49.4 Å². The van der Waals surface area contributed by atoms with Gasteiger partial charge in [0.05, 0.1) is 23.4 Å². The van der Waals surface area contributed by atoms with Gasteiger partial charge in [0.1, 0.15) is 16.4 Å². The second-order valence-electron chi connectivity index (χ2n) is 7.59. The first-order valence-electron chi connectivity index (χ1n) is 10.2. The molecule has 1 aliphatic heterocycles. The summed E-state index contributed by atoms with van der Waals surface area (Å²) in [5, 5.41) is 2.78. The molecule has 0 aromatic heterocycles. The normalized spacial score (nSPS) is 14.1. The van der Waals surface area contributed by atoms with Crippen LogP contribution in [0.5, 0.6) is 5.75 Å². The van der Waals surface area contributed by atoms with Crippen LogP contribution in [-0.2, 0) is 15.8 Å². The maximum absolute atomic E-state index is 13.4. The summed E-state index contributed by atoms with van der Waals surface area (Å²) in [5.74, 6) is -1.10. The third kappa shape index (κ3) is 5.16. The molecule has 3 aromatic carbocycles. The Balaban J connectivity index is 1.79. The van der Waals surface area contributed by atoms with E-state index in [0.29, 0.717) is 27.3 Å². The van der Waals surface area contributed by atoms with E-state index < -0.39 is 23.6 Å². The zero-order chi connectivity index (χ0) is 25.3. The number of ether oxygens (including phenoxy) is 1. The molecule has 0 saturated heterocycles. The lowest BCUT2D eigenvalue weighted by Gasteiger charge is -2.18. The molecule has 0 fully saturated rings. The number of hydrogen-bond donors (Lipinski definition) is 1. The molecule has 1 N–H and O–H groups in total. The SMILES string of the molecule is COc1cccc(NC2=C(Sc3ccc(C)cc3)C(=O)N(c3cc(C(F)(F)F)ccc3Cl)C2=O)c1. The number of nitrogens with one attached hydrogen (secondary N) is 1. The van der Waals surface area contributed by atoms with Crippen molar-refractivity contribution >= 4 is 46.6 Å². The molecule has 35 heavy (non-hydrogen) atoms. The highest BCUT2D eigenvalue weighted by atomic mass is 35.5. The number of rotatable bonds is 6. The maximum Gasteiger partial charge on any atom is 0.416 e. The van der Waals surface area contributed by atoms with Gasteiger partial charge in [-0.25, -0.2) is 4.90 Å². The van der Waals surface area contributed by atoms with Crippen molar-refractivity contribution in [2.45, 2.75) is 18.0 Å². The lowest BCUT2D eigenvalue weighted by molar-refractivity contribution is -0.137. The minimum absolute atomic E-state index is 0.0233. The van der Waals surface area contributed by atoms with Gasteiger partial charge in [-0.1, -0.05) is 47.1 Å². The lowest BCUT2D eigenvalue weighted by Crippen LogP contribution is -2.33. The molecule has 0 aliphatic carbocycles. The van der Waals surface area contributed by atoms with Crippen molar-refractivity contribution in [2.75, 3.05) is 17.3 Å². The molecule has 5 nitrogen and oxygen atoms in total. The predicted octanol–water partition coefficient (Wildman–Crippen LogP) is 6.67. The number of carbonyl (C=O) groups excluding carboxylic acids is 2. The average Bonchev–Trinajstić information content (AvgIpc) is 3.04. The summed E-state index contributed by atoms with van der Waals surface area (Å²) < 4.78 is 45.2. The van der Waals surface area contributed by atoms with Crippen molar-refractivity contribution in [1.82, 2.24) is 0 Å². The molecule has 0 unspecified atom stereocenters. The number of anilines is 2. The van der Waals surface area contributed by atoms with Crippen LogP contribution in [-0.4, -0.2) is 18.9 Å². The number of halogens is 4. The first-order valence-corrected chi connectivity index (χ1v) is 11.4. The molecule has 10 heteroatoms. The van der Waals surface area contributed by atoms with Gasteiger partial charge in [-0.2, -0.15) is 13.2 Å². The summed E-state index contributed by atoms with van der Waals surface area (Å²) >= 11 is 7.19. The van der Waals surface area contributed by atoms with Gasteiger partial charge in [0.2, 0.25) is 0 Å². The number of hydrogen-bond acceptors (Lipinski definition) is 5. The minimum Gasteiger partial charge on any atom is -0.497 e. The number of benzene rings is 3. The second-order valence-corrected chi connectivity index (χ2v) is 9.08. The van der Waals surface area contributed by atoms with E-state index in [4.69, 9.17) is 16.3 Å². The highest BCUT2D eigenvalue weighted by molar-refractivity contribution is 8.04. The first kappa shape index (κ1) is 24.7. The van der Waals surface area contributed by atoms with E-state index in [-0.39, 0.29) is 21.3 Å². The molecule has 180 valence electrons. The number of imide groups is 1. The fourth-order valence-electron chi connectivity index (χ4n) is 3.36.